The van der Waals surface area contributed by atoms with E-state index in [2.05, 4.69) is 4.99 Å². The minimum atomic E-state index is -3.14. The van der Waals surface area contributed by atoms with Crippen molar-refractivity contribution in [3.05, 3.63) is 64.1 Å². The smallest absolute Gasteiger partial charge is 0.279 e. The molecule has 0 aliphatic carbocycles. The molecule has 0 N–H and O–H groups in total. The van der Waals surface area contributed by atoms with Gasteiger partial charge < -0.3 is 4.90 Å². The third kappa shape index (κ3) is 3.74. The topological polar surface area (TPSA) is 66.8 Å². The summed E-state index contributed by atoms with van der Waals surface area (Å²) in [6.07, 6.45) is 0. The number of fused-ring (bicyclic) bond motifs is 1. The van der Waals surface area contributed by atoms with Gasteiger partial charge in [-0.3, -0.25) is 4.79 Å². The first-order valence-corrected chi connectivity index (χ1v) is 11.6. The maximum Gasteiger partial charge on any atom is 0.279 e. The molecule has 2 atom stereocenters. The van der Waals surface area contributed by atoms with Crippen molar-refractivity contribution in [1.82, 2.24) is 0 Å². The Morgan fingerprint density at radius 3 is 2.56 bits per heavy atom. The highest BCUT2D eigenvalue weighted by Crippen LogP contribution is 2.43. The standard InChI is InChI=1S/C18H14Cl2N2O3S2/c19-12-6-7-14(13(20)8-12)22-15-9-27(24,25)10-16(15)26-18(22)21-17(23)11-4-2-1-3-5-11/h1-8,15-16H,9-10H2/t15-,16+/m1/s1. The summed E-state index contributed by atoms with van der Waals surface area (Å²) >= 11 is 13.7. The van der Waals surface area contributed by atoms with Gasteiger partial charge in [0.05, 0.1) is 28.3 Å². The zero-order valence-electron chi connectivity index (χ0n) is 13.9. The van der Waals surface area contributed by atoms with Crippen LogP contribution in [-0.2, 0) is 9.84 Å². The summed E-state index contributed by atoms with van der Waals surface area (Å²) in [6.45, 7) is 0. The fraction of sp³-hybridized carbons (Fsp3) is 0.222. The lowest BCUT2D eigenvalue weighted by Gasteiger charge is -2.25. The van der Waals surface area contributed by atoms with Crippen LogP contribution >= 0.6 is 35.0 Å². The van der Waals surface area contributed by atoms with E-state index in [-0.39, 0.29) is 28.7 Å². The zero-order chi connectivity index (χ0) is 19.2. The number of carbonyl (C=O) groups is 1. The maximum atomic E-state index is 12.6. The summed E-state index contributed by atoms with van der Waals surface area (Å²) in [5.74, 6) is -0.318. The van der Waals surface area contributed by atoms with E-state index in [1.54, 1.807) is 47.4 Å². The molecule has 0 saturated carbocycles. The van der Waals surface area contributed by atoms with E-state index in [9.17, 15) is 13.2 Å². The van der Waals surface area contributed by atoms with Crippen LogP contribution in [0.4, 0.5) is 5.69 Å². The van der Waals surface area contributed by atoms with E-state index >= 15 is 0 Å². The highest BCUT2D eigenvalue weighted by Gasteiger charge is 2.49. The first kappa shape index (κ1) is 18.8. The van der Waals surface area contributed by atoms with Crippen molar-refractivity contribution in [1.29, 1.82) is 0 Å². The van der Waals surface area contributed by atoms with Crippen molar-refractivity contribution >= 4 is 61.6 Å². The van der Waals surface area contributed by atoms with Crippen molar-refractivity contribution in [3.8, 4) is 0 Å². The quantitative estimate of drug-likeness (QED) is 0.707. The molecule has 2 saturated heterocycles. The van der Waals surface area contributed by atoms with Gasteiger partial charge >= 0.3 is 0 Å². The molecule has 2 aromatic carbocycles. The van der Waals surface area contributed by atoms with Gasteiger partial charge in [0, 0.05) is 15.8 Å². The number of carbonyl (C=O) groups excluding carboxylic acids is 1. The molecule has 2 aliphatic heterocycles. The van der Waals surface area contributed by atoms with Crippen molar-refractivity contribution in [2.45, 2.75) is 11.3 Å². The molecule has 1 amide bonds. The molecule has 0 bridgehead atoms. The summed E-state index contributed by atoms with van der Waals surface area (Å²) in [4.78, 5) is 18.6. The lowest BCUT2D eigenvalue weighted by atomic mass is 10.2. The normalized spacial score (nSPS) is 25.0. The Labute approximate surface area is 171 Å². The van der Waals surface area contributed by atoms with Crippen molar-refractivity contribution in [3.63, 3.8) is 0 Å². The third-order valence-electron chi connectivity index (χ3n) is 4.45. The van der Waals surface area contributed by atoms with Gasteiger partial charge in [-0.1, -0.05) is 53.2 Å². The lowest BCUT2D eigenvalue weighted by molar-refractivity contribution is 0.100. The summed E-state index contributed by atoms with van der Waals surface area (Å²) < 4.78 is 24.2. The summed E-state index contributed by atoms with van der Waals surface area (Å²) in [5, 5.41) is 1.12. The van der Waals surface area contributed by atoms with Gasteiger partial charge in [-0.05, 0) is 30.3 Å². The SMILES string of the molecule is O=C(N=C1S[C@H]2CS(=O)(=O)C[C@H]2N1c1ccc(Cl)cc1Cl)c1ccccc1. The van der Waals surface area contributed by atoms with E-state index in [4.69, 9.17) is 23.2 Å². The Morgan fingerprint density at radius 2 is 1.85 bits per heavy atom. The monoisotopic (exact) mass is 440 g/mol. The number of thioether (sulfide) groups is 1. The number of halogens is 2. The Hall–Kier alpha value is -1.54. The van der Waals surface area contributed by atoms with Gasteiger partial charge in [-0.15, -0.1) is 0 Å². The number of nitrogens with zero attached hydrogens (tertiary/aromatic N) is 2. The zero-order valence-corrected chi connectivity index (χ0v) is 17.0. The Morgan fingerprint density at radius 1 is 1.11 bits per heavy atom. The minimum Gasteiger partial charge on any atom is -0.314 e. The van der Waals surface area contributed by atoms with Gasteiger partial charge in [-0.25, -0.2) is 8.42 Å². The molecule has 2 aromatic rings. The van der Waals surface area contributed by atoms with Crippen LogP contribution in [0, 0.1) is 0 Å². The second-order valence-corrected chi connectivity index (χ2v) is 10.5. The number of amides is 1. The molecule has 140 valence electrons. The summed E-state index contributed by atoms with van der Waals surface area (Å²) in [7, 11) is -3.14. The predicted molar refractivity (Wildman–Crippen MR) is 111 cm³/mol. The largest absolute Gasteiger partial charge is 0.314 e. The molecule has 4 rings (SSSR count). The molecule has 0 radical (unpaired) electrons. The Kier molecular flexibility index (Phi) is 4.96. The third-order valence-corrected chi connectivity index (χ3v) is 8.20. The van der Waals surface area contributed by atoms with Crippen LogP contribution in [0.15, 0.2) is 53.5 Å². The van der Waals surface area contributed by atoms with Gasteiger partial charge in [0.25, 0.3) is 5.91 Å². The van der Waals surface area contributed by atoms with E-state index in [1.165, 1.54) is 11.8 Å². The fourth-order valence-electron chi connectivity index (χ4n) is 3.25. The summed E-state index contributed by atoms with van der Waals surface area (Å²) in [5.41, 5.74) is 1.07. The molecule has 0 aromatic heterocycles. The molecule has 5 nitrogen and oxygen atoms in total. The van der Waals surface area contributed by atoms with Gasteiger partial charge in [-0.2, -0.15) is 4.99 Å². The average Bonchev–Trinajstić information content (AvgIpc) is 3.07. The van der Waals surface area contributed by atoms with Crippen LogP contribution in [0.1, 0.15) is 10.4 Å². The van der Waals surface area contributed by atoms with Crippen LogP contribution in [0.2, 0.25) is 10.0 Å². The van der Waals surface area contributed by atoms with Crippen LogP contribution < -0.4 is 4.90 Å². The first-order valence-electron chi connectivity index (χ1n) is 8.13. The first-order chi connectivity index (χ1) is 12.8. The van der Waals surface area contributed by atoms with E-state index in [0.29, 0.717) is 26.5 Å². The summed E-state index contributed by atoms with van der Waals surface area (Å²) in [6, 6.07) is 13.4. The van der Waals surface area contributed by atoms with E-state index in [1.807, 2.05) is 6.07 Å². The molecule has 0 spiro atoms. The van der Waals surface area contributed by atoms with E-state index < -0.39 is 9.84 Å². The Balaban J connectivity index is 1.76. The molecule has 2 fully saturated rings. The second-order valence-electron chi connectivity index (χ2n) is 6.33. The van der Waals surface area contributed by atoms with Crippen LogP contribution in [-0.4, -0.2) is 42.3 Å². The van der Waals surface area contributed by atoms with Gasteiger partial charge in [0.1, 0.15) is 0 Å². The van der Waals surface area contributed by atoms with Crippen molar-refractivity contribution in [2.75, 3.05) is 16.4 Å². The molecular formula is C18H14Cl2N2O3S2. The Bertz CT molecular complexity index is 1040. The lowest BCUT2D eigenvalue weighted by Crippen LogP contribution is -2.37. The highest BCUT2D eigenvalue weighted by atomic mass is 35.5. The van der Waals surface area contributed by atoms with E-state index in [0.717, 1.165) is 0 Å². The van der Waals surface area contributed by atoms with Crippen LogP contribution in [0.3, 0.4) is 0 Å². The number of benzene rings is 2. The van der Waals surface area contributed by atoms with Crippen molar-refractivity contribution in [2.24, 2.45) is 4.99 Å². The van der Waals surface area contributed by atoms with Crippen molar-refractivity contribution < 1.29 is 13.2 Å². The molecule has 27 heavy (non-hydrogen) atoms. The molecule has 2 heterocycles. The molecule has 9 heteroatoms. The number of aliphatic imine (C=N–C) groups is 1. The van der Waals surface area contributed by atoms with Crippen LogP contribution in [0.5, 0.6) is 0 Å². The second kappa shape index (κ2) is 7.13. The number of amidine groups is 1. The predicted octanol–water partition coefficient (Wildman–Crippen LogP) is 3.91. The molecule has 0 unspecified atom stereocenters. The highest BCUT2D eigenvalue weighted by molar-refractivity contribution is 8.16. The van der Waals surface area contributed by atoms with Gasteiger partial charge in [0.2, 0.25) is 0 Å². The maximum absolute atomic E-state index is 12.6. The number of sulfone groups is 1. The number of hydrogen-bond acceptors (Lipinski definition) is 4. The van der Waals surface area contributed by atoms with Crippen LogP contribution in [0.25, 0.3) is 0 Å². The molecular weight excluding hydrogens is 427 g/mol. The number of anilines is 1. The minimum absolute atomic E-state index is 0.00215. The fourth-order valence-corrected chi connectivity index (χ4v) is 7.66. The number of hydrogen-bond donors (Lipinski definition) is 0. The van der Waals surface area contributed by atoms with Gasteiger partial charge in [0.15, 0.2) is 15.0 Å². The number of rotatable bonds is 2. The molecule has 2 aliphatic rings. The average molecular weight is 441 g/mol.